The number of methoxy groups -OCH3 is 1. The molecule has 2 rings (SSSR count). The molecule has 0 aromatic heterocycles. The van der Waals surface area contributed by atoms with Crippen LogP contribution in [0.2, 0.25) is 0 Å². The summed E-state index contributed by atoms with van der Waals surface area (Å²) in [6.07, 6.45) is 4.03. The number of aliphatic hydroxyl groups is 1. The van der Waals surface area contributed by atoms with Gasteiger partial charge in [-0.2, -0.15) is 0 Å². The first-order valence-electron chi connectivity index (χ1n) is 7.06. The van der Waals surface area contributed by atoms with Gasteiger partial charge in [-0.1, -0.05) is 25.0 Å². The van der Waals surface area contributed by atoms with E-state index in [0.717, 1.165) is 31.6 Å². The van der Waals surface area contributed by atoms with E-state index in [1.807, 2.05) is 12.1 Å². The summed E-state index contributed by atoms with van der Waals surface area (Å²) in [6.45, 7) is 0.889. The summed E-state index contributed by atoms with van der Waals surface area (Å²) in [5, 5.41) is 10.6. The van der Waals surface area contributed by atoms with E-state index in [2.05, 4.69) is 31.1 Å². The fraction of sp³-hybridized carbons (Fsp3) is 0.625. The van der Waals surface area contributed by atoms with Gasteiger partial charge in [-0.25, -0.2) is 0 Å². The van der Waals surface area contributed by atoms with E-state index in [9.17, 15) is 5.11 Å². The van der Waals surface area contributed by atoms with Gasteiger partial charge in [0.15, 0.2) is 0 Å². The standard InChI is InChI=1S/C16H25NO2/c1-17(2)12-16(11-5-4-6-15(16)18)13-7-9-14(19-3)10-8-13/h7-10,15,18H,4-6,11-12H2,1-3H3. The van der Waals surface area contributed by atoms with Crippen LogP contribution in [-0.2, 0) is 5.41 Å². The Morgan fingerprint density at radius 1 is 1.26 bits per heavy atom. The van der Waals surface area contributed by atoms with Crippen LogP contribution < -0.4 is 4.74 Å². The zero-order valence-corrected chi connectivity index (χ0v) is 12.2. The van der Waals surface area contributed by atoms with Crippen molar-refractivity contribution in [3.63, 3.8) is 0 Å². The molecule has 1 saturated carbocycles. The number of benzene rings is 1. The largest absolute Gasteiger partial charge is 0.497 e. The topological polar surface area (TPSA) is 32.7 Å². The summed E-state index contributed by atoms with van der Waals surface area (Å²) in [5.74, 6) is 0.869. The molecule has 0 radical (unpaired) electrons. The fourth-order valence-corrected chi connectivity index (χ4v) is 3.32. The first-order valence-corrected chi connectivity index (χ1v) is 7.06. The second-order valence-corrected chi connectivity index (χ2v) is 5.88. The van der Waals surface area contributed by atoms with Gasteiger partial charge in [0, 0.05) is 12.0 Å². The SMILES string of the molecule is COc1ccc(C2(CN(C)C)CCCCC2O)cc1. The molecule has 2 unspecified atom stereocenters. The van der Waals surface area contributed by atoms with Gasteiger partial charge in [-0.15, -0.1) is 0 Å². The third-order valence-electron chi connectivity index (χ3n) is 4.25. The van der Waals surface area contributed by atoms with Crippen LogP contribution in [0.25, 0.3) is 0 Å². The average Bonchev–Trinajstić information content (AvgIpc) is 2.41. The summed E-state index contributed by atoms with van der Waals surface area (Å²) in [6, 6.07) is 8.20. The molecule has 1 aromatic carbocycles. The number of ether oxygens (including phenoxy) is 1. The predicted molar refractivity (Wildman–Crippen MR) is 77.7 cm³/mol. The molecule has 3 heteroatoms. The fourth-order valence-electron chi connectivity index (χ4n) is 3.32. The van der Waals surface area contributed by atoms with Crippen LogP contribution in [-0.4, -0.2) is 43.9 Å². The Labute approximate surface area is 116 Å². The molecule has 0 bridgehead atoms. The Balaban J connectivity index is 2.34. The lowest BCUT2D eigenvalue weighted by Gasteiger charge is -2.43. The van der Waals surface area contributed by atoms with Gasteiger partial charge in [0.1, 0.15) is 5.75 Å². The monoisotopic (exact) mass is 263 g/mol. The lowest BCUT2D eigenvalue weighted by atomic mass is 9.67. The Bertz CT molecular complexity index is 402. The van der Waals surface area contributed by atoms with Crippen LogP contribution in [0.15, 0.2) is 24.3 Å². The van der Waals surface area contributed by atoms with Crippen LogP contribution in [0.3, 0.4) is 0 Å². The maximum atomic E-state index is 10.6. The number of hydrogen-bond acceptors (Lipinski definition) is 3. The third kappa shape index (κ3) is 2.93. The normalized spacial score (nSPS) is 27.5. The van der Waals surface area contributed by atoms with E-state index >= 15 is 0 Å². The van der Waals surface area contributed by atoms with Crippen molar-refractivity contribution in [3.05, 3.63) is 29.8 Å². The minimum atomic E-state index is -0.253. The van der Waals surface area contributed by atoms with Crippen molar-refractivity contribution in [1.82, 2.24) is 4.90 Å². The number of aliphatic hydroxyl groups excluding tert-OH is 1. The second-order valence-electron chi connectivity index (χ2n) is 5.88. The van der Waals surface area contributed by atoms with Crippen molar-refractivity contribution in [1.29, 1.82) is 0 Å². The minimum Gasteiger partial charge on any atom is -0.497 e. The predicted octanol–water partition coefficient (Wildman–Crippen LogP) is 2.43. The van der Waals surface area contributed by atoms with Crippen molar-refractivity contribution >= 4 is 0 Å². The Hall–Kier alpha value is -1.06. The summed E-state index contributed by atoms with van der Waals surface area (Å²) in [4.78, 5) is 2.18. The van der Waals surface area contributed by atoms with E-state index in [-0.39, 0.29) is 11.5 Å². The van der Waals surface area contributed by atoms with Gasteiger partial charge >= 0.3 is 0 Å². The van der Waals surface area contributed by atoms with Crippen molar-refractivity contribution in [3.8, 4) is 5.75 Å². The van der Waals surface area contributed by atoms with Crippen molar-refractivity contribution in [2.75, 3.05) is 27.7 Å². The zero-order chi connectivity index (χ0) is 13.9. The number of hydrogen-bond donors (Lipinski definition) is 1. The molecule has 106 valence electrons. The Morgan fingerprint density at radius 3 is 2.47 bits per heavy atom. The van der Waals surface area contributed by atoms with Crippen LogP contribution >= 0.6 is 0 Å². The molecule has 1 aliphatic rings. The van der Waals surface area contributed by atoms with Gasteiger partial charge in [0.25, 0.3) is 0 Å². The quantitative estimate of drug-likeness (QED) is 0.905. The third-order valence-corrected chi connectivity index (χ3v) is 4.25. The molecule has 19 heavy (non-hydrogen) atoms. The average molecular weight is 263 g/mol. The molecule has 0 aliphatic heterocycles. The van der Waals surface area contributed by atoms with Crippen LogP contribution in [0.1, 0.15) is 31.2 Å². The maximum Gasteiger partial charge on any atom is 0.118 e. The lowest BCUT2D eigenvalue weighted by molar-refractivity contribution is 0.0264. The van der Waals surface area contributed by atoms with E-state index in [1.54, 1.807) is 7.11 Å². The number of likely N-dealkylation sites (N-methyl/N-ethyl adjacent to an activating group) is 1. The molecule has 2 atom stereocenters. The molecule has 0 spiro atoms. The second kappa shape index (κ2) is 5.93. The van der Waals surface area contributed by atoms with Crippen molar-refractivity contribution in [2.45, 2.75) is 37.2 Å². The molecule has 1 aliphatic carbocycles. The van der Waals surface area contributed by atoms with Crippen LogP contribution in [0, 0.1) is 0 Å². The maximum absolute atomic E-state index is 10.6. The van der Waals surface area contributed by atoms with E-state index in [1.165, 1.54) is 12.0 Å². The minimum absolute atomic E-state index is 0.131. The van der Waals surface area contributed by atoms with Gasteiger partial charge in [0.2, 0.25) is 0 Å². The lowest BCUT2D eigenvalue weighted by Crippen LogP contribution is -2.49. The summed E-state index contributed by atoms with van der Waals surface area (Å²) < 4.78 is 5.22. The highest BCUT2D eigenvalue weighted by Gasteiger charge is 2.41. The Kier molecular flexibility index (Phi) is 4.48. The van der Waals surface area contributed by atoms with Crippen LogP contribution in [0.4, 0.5) is 0 Å². The molecular formula is C16H25NO2. The molecule has 0 amide bonds. The molecule has 1 fully saturated rings. The smallest absolute Gasteiger partial charge is 0.118 e. The van der Waals surface area contributed by atoms with Crippen molar-refractivity contribution in [2.24, 2.45) is 0 Å². The summed E-state index contributed by atoms with van der Waals surface area (Å²) >= 11 is 0. The highest BCUT2D eigenvalue weighted by Crippen LogP contribution is 2.40. The summed E-state index contributed by atoms with van der Waals surface area (Å²) in [5.41, 5.74) is 1.10. The Morgan fingerprint density at radius 2 is 1.95 bits per heavy atom. The van der Waals surface area contributed by atoms with E-state index in [4.69, 9.17) is 4.74 Å². The van der Waals surface area contributed by atoms with E-state index < -0.39 is 0 Å². The zero-order valence-electron chi connectivity index (χ0n) is 12.2. The molecule has 1 N–H and O–H groups in total. The van der Waals surface area contributed by atoms with Crippen molar-refractivity contribution < 1.29 is 9.84 Å². The van der Waals surface area contributed by atoms with Gasteiger partial charge in [-0.3, -0.25) is 0 Å². The van der Waals surface area contributed by atoms with Gasteiger partial charge in [0.05, 0.1) is 13.2 Å². The number of rotatable bonds is 4. The van der Waals surface area contributed by atoms with Gasteiger partial charge < -0.3 is 14.7 Å². The van der Waals surface area contributed by atoms with E-state index in [0.29, 0.717) is 0 Å². The molecule has 1 aromatic rings. The summed E-state index contributed by atoms with van der Waals surface area (Å²) in [7, 11) is 5.83. The molecule has 0 saturated heterocycles. The highest BCUT2D eigenvalue weighted by molar-refractivity contribution is 5.34. The molecule has 0 heterocycles. The highest BCUT2D eigenvalue weighted by atomic mass is 16.5. The first-order chi connectivity index (χ1) is 9.08. The van der Waals surface area contributed by atoms with Gasteiger partial charge in [-0.05, 0) is 44.6 Å². The molecule has 3 nitrogen and oxygen atoms in total. The molecular weight excluding hydrogens is 238 g/mol. The van der Waals surface area contributed by atoms with Crippen LogP contribution in [0.5, 0.6) is 5.75 Å². The first kappa shape index (κ1) is 14.4. The number of nitrogens with zero attached hydrogens (tertiary/aromatic N) is 1.